The molecule has 0 bridgehead atoms. The lowest BCUT2D eigenvalue weighted by Crippen LogP contribution is -2.02. The molecule has 0 aromatic heterocycles. The highest BCUT2D eigenvalue weighted by molar-refractivity contribution is 5.83. The van der Waals surface area contributed by atoms with Gasteiger partial charge in [-0.2, -0.15) is 0 Å². The normalized spacial score (nSPS) is 13.0. The number of aryl methyl sites for hydroxylation is 1. The van der Waals surface area contributed by atoms with Crippen molar-refractivity contribution >= 4 is 5.57 Å². The first kappa shape index (κ1) is 13.5. The summed E-state index contributed by atoms with van der Waals surface area (Å²) in [6.45, 7) is 0.258. The number of hydrogen-bond acceptors (Lipinski definition) is 1. The van der Waals surface area contributed by atoms with E-state index < -0.39 is 0 Å². The molecule has 0 saturated heterocycles. The quantitative estimate of drug-likeness (QED) is 0.764. The first-order valence-corrected chi connectivity index (χ1v) is 6.93. The predicted octanol–water partition coefficient (Wildman–Crippen LogP) is 4.22. The van der Waals surface area contributed by atoms with Gasteiger partial charge in [0.2, 0.25) is 0 Å². The molecular formula is C19H15FO. The van der Waals surface area contributed by atoms with Gasteiger partial charge in [0.25, 0.3) is 0 Å². The van der Waals surface area contributed by atoms with E-state index in [-0.39, 0.29) is 12.4 Å². The number of allylic oxidation sites excluding steroid dienone is 1. The Balaban J connectivity index is 2.00. The van der Waals surface area contributed by atoms with Gasteiger partial charge in [-0.15, -0.1) is 6.42 Å². The van der Waals surface area contributed by atoms with Gasteiger partial charge in [-0.05, 0) is 59.4 Å². The topological polar surface area (TPSA) is 9.23 Å². The molecule has 1 aliphatic rings. The van der Waals surface area contributed by atoms with Crippen molar-refractivity contribution in [2.45, 2.75) is 12.8 Å². The number of benzene rings is 2. The van der Waals surface area contributed by atoms with Crippen molar-refractivity contribution in [1.82, 2.24) is 0 Å². The SMILES string of the molecule is C#CCOc1ccc2c(c1)C(c1ccc(F)cc1)=CCC2. The molecule has 1 aliphatic carbocycles. The summed E-state index contributed by atoms with van der Waals surface area (Å²) in [5, 5.41) is 0. The molecule has 2 aromatic carbocycles. The average Bonchev–Trinajstić information content (AvgIpc) is 2.53. The molecule has 2 heteroatoms. The van der Waals surface area contributed by atoms with Crippen LogP contribution in [0, 0.1) is 18.2 Å². The molecule has 1 nitrogen and oxygen atoms in total. The van der Waals surface area contributed by atoms with Gasteiger partial charge in [0.1, 0.15) is 18.2 Å². The summed E-state index contributed by atoms with van der Waals surface area (Å²) in [6, 6.07) is 12.6. The molecule has 0 unspecified atom stereocenters. The van der Waals surface area contributed by atoms with Crippen molar-refractivity contribution in [2.24, 2.45) is 0 Å². The fourth-order valence-corrected chi connectivity index (χ4v) is 2.62. The monoisotopic (exact) mass is 278 g/mol. The highest BCUT2D eigenvalue weighted by Crippen LogP contribution is 2.34. The lowest BCUT2D eigenvalue weighted by atomic mass is 9.87. The Labute approximate surface area is 124 Å². The van der Waals surface area contributed by atoms with E-state index in [4.69, 9.17) is 11.2 Å². The van der Waals surface area contributed by atoms with E-state index in [0.717, 1.165) is 35.3 Å². The lowest BCUT2D eigenvalue weighted by Gasteiger charge is -2.19. The van der Waals surface area contributed by atoms with E-state index in [2.05, 4.69) is 18.1 Å². The van der Waals surface area contributed by atoms with E-state index in [1.54, 1.807) is 0 Å². The summed E-state index contributed by atoms with van der Waals surface area (Å²) < 4.78 is 18.6. The molecule has 0 spiro atoms. The molecule has 0 heterocycles. The Kier molecular flexibility index (Phi) is 3.75. The summed E-state index contributed by atoms with van der Waals surface area (Å²) >= 11 is 0. The van der Waals surface area contributed by atoms with E-state index in [1.807, 2.05) is 24.3 Å². The van der Waals surface area contributed by atoms with E-state index in [9.17, 15) is 4.39 Å². The number of ether oxygens (including phenoxy) is 1. The third-order valence-electron chi connectivity index (χ3n) is 3.61. The molecule has 0 aliphatic heterocycles. The third-order valence-corrected chi connectivity index (χ3v) is 3.61. The zero-order valence-corrected chi connectivity index (χ0v) is 11.6. The zero-order chi connectivity index (χ0) is 14.7. The zero-order valence-electron chi connectivity index (χ0n) is 11.6. The van der Waals surface area contributed by atoms with E-state index >= 15 is 0 Å². The minimum Gasteiger partial charge on any atom is -0.481 e. The molecule has 104 valence electrons. The van der Waals surface area contributed by atoms with Crippen LogP contribution in [0.15, 0.2) is 48.5 Å². The van der Waals surface area contributed by atoms with Gasteiger partial charge in [0.15, 0.2) is 0 Å². The van der Waals surface area contributed by atoms with Crippen LogP contribution in [0.3, 0.4) is 0 Å². The van der Waals surface area contributed by atoms with Crippen LogP contribution in [0.25, 0.3) is 5.57 Å². The Morgan fingerprint density at radius 2 is 1.95 bits per heavy atom. The van der Waals surface area contributed by atoms with Crippen molar-refractivity contribution < 1.29 is 9.13 Å². The van der Waals surface area contributed by atoms with Gasteiger partial charge in [-0.1, -0.05) is 30.2 Å². The molecule has 0 fully saturated rings. The summed E-state index contributed by atoms with van der Waals surface area (Å²) in [5.41, 5.74) is 4.57. The number of hydrogen-bond donors (Lipinski definition) is 0. The summed E-state index contributed by atoms with van der Waals surface area (Å²) in [5.74, 6) is 3.01. The number of halogens is 1. The van der Waals surface area contributed by atoms with Crippen LogP contribution in [-0.2, 0) is 6.42 Å². The number of fused-ring (bicyclic) bond motifs is 1. The van der Waals surface area contributed by atoms with Crippen molar-refractivity contribution in [3.63, 3.8) is 0 Å². The van der Waals surface area contributed by atoms with Gasteiger partial charge in [0.05, 0.1) is 0 Å². The molecule has 0 N–H and O–H groups in total. The van der Waals surface area contributed by atoms with Gasteiger partial charge in [-0.3, -0.25) is 0 Å². The molecule has 2 aromatic rings. The van der Waals surface area contributed by atoms with Crippen molar-refractivity contribution in [2.75, 3.05) is 6.61 Å². The highest BCUT2D eigenvalue weighted by atomic mass is 19.1. The standard InChI is InChI=1S/C19H15FO/c1-2-12-21-17-11-8-14-4-3-5-18(19(14)13-17)15-6-9-16(20)10-7-15/h1,5-11,13H,3-4,12H2. The summed E-state index contributed by atoms with van der Waals surface area (Å²) in [7, 11) is 0. The molecular weight excluding hydrogens is 263 g/mol. The Morgan fingerprint density at radius 3 is 2.71 bits per heavy atom. The Hall–Kier alpha value is -2.53. The first-order valence-electron chi connectivity index (χ1n) is 6.93. The third kappa shape index (κ3) is 2.83. The van der Waals surface area contributed by atoms with Crippen molar-refractivity contribution in [1.29, 1.82) is 0 Å². The maximum atomic E-state index is 13.1. The van der Waals surface area contributed by atoms with E-state index in [0.29, 0.717) is 0 Å². The smallest absolute Gasteiger partial charge is 0.148 e. The maximum Gasteiger partial charge on any atom is 0.148 e. The van der Waals surface area contributed by atoms with Crippen LogP contribution in [0.2, 0.25) is 0 Å². The fourth-order valence-electron chi connectivity index (χ4n) is 2.62. The van der Waals surface area contributed by atoms with Crippen LogP contribution < -0.4 is 4.74 Å². The predicted molar refractivity (Wildman–Crippen MR) is 82.6 cm³/mol. The largest absolute Gasteiger partial charge is 0.481 e. The van der Waals surface area contributed by atoms with Gasteiger partial charge in [0, 0.05) is 0 Å². The molecule has 21 heavy (non-hydrogen) atoms. The highest BCUT2D eigenvalue weighted by Gasteiger charge is 2.15. The summed E-state index contributed by atoms with van der Waals surface area (Å²) in [4.78, 5) is 0. The van der Waals surface area contributed by atoms with Crippen LogP contribution in [0.5, 0.6) is 5.75 Å². The molecule has 0 atom stereocenters. The van der Waals surface area contributed by atoms with Crippen LogP contribution >= 0.6 is 0 Å². The second-order valence-corrected chi connectivity index (χ2v) is 4.98. The van der Waals surface area contributed by atoms with Gasteiger partial charge in [-0.25, -0.2) is 4.39 Å². The molecule has 0 radical (unpaired) electrons. The minimum atomic E-state index is -0.221. The van der Waals surface area contributed by atoms with E-state index in [1.165, 1.54) is 17.7 Å². The first-order chi connectivity index (χ1) is 10.3. The van der Waals surface area contributed by atoms with Crippen LogP contribution in [0.4, 0.5) is 4.39 Å². The molecule has 3 rings (SSSR count). The summed E-state index contributed by atoms with van der Waals surface area (Å²) in [6.07, 6.45) is 9.42. The number of rotatable bonds is 3. The lowest BCUT2D eigenvalue weighted by molar-refractivity contribution is 0.370. The van der Waals surface area contributed by atoms with Crippen molar-refractivity contribution in [3.05, 3.63) is 71.0 Å². The molecule has 0 saturated carbocycles. The minimum absolute atomic E-state index is 0.221. The fraction of sp³-hybridized carbons (Fsp3) is 0.158. The van der Waals surface area contributed by atoms with Crippen LogP contribution in [0.1, 0.15) is 23.1 Å². The van der Waals surface area contributed by atoms with Gasteiger partial charge < -0.3 is 4.74 Å². The Bertz CT molecular complexity index is 720. The average molecular weight is 278 g/mol. The second-order valence-electron chi connectivity index (χ2n) is 4.98. The van der Waals surface area contributed by atoms with Gasteiger partial charge >= 0.3 is 0 Å². The Morgan fingerprint density at radius 1 is 1.14 bits per heavy atom. The molecule has 0 amide bonds. The second kappa shape index (κ2) is 5.85. The van der Waals surface area contributed by atoms with Crippen molar-refractivity contribution in [3.8, 4) is 18.1 Å². The maximum absolute atomic E-state index is 13.1. The number of terminal acetylenes is 1. The van der Waals surface area contributed by atoms with Crippen LogP contribution in [-0.4, -0.2) is 6.61 Å².